The molecule has 0 aliphatic heterocycles. The van der Waals surface area contributed by atoms with Crippen molar-refractivity contribution in [2.24, 2.45) is 0 Å². The zero-order chi connectivity index (χ0) is 9.80. The van der Waals surface area contributed by atoms with Crippen molar-refractivity contribution < 1.29 is 18.9 Å². The molecule has 0 unspecified atom stereocenters. The summed E-state index contributed by atoms with van der Waals surface area (Å²) in [6.45, 7) is 0. The maximum absolute atomic E-state index is 3.61. The van der Waals surface area contributed by atoms with E-state index in [1.54, 1.807) is 0 Å². The van der Waals surface area contributed by atoms with Crippen LogP contribution < -0.4 is 18.9 Å². The van der Waals surface area contributed by atoms with Gasteiger partial charge in [0, 0.05) is 0 Å². The van der Waals surface area contributed by atoms with E-state index in [2.05, 4.69) is 40.2 Å². The summed E-state index contributed by atoms with van der Waals surface area (Å²) in [6, 6.07) is 20.6. The van der Waals surface area contributed by atoms with Crippen LogP contribution in [0.4, 0.5) is 0 Å². The van der Waals surface area contributed by atoms with Gasteiger partial charge < -0.3 is 0 Å². The number of rotatable bonds is 2. The molecule has 0 aliphatic carbocycles. The van der Waals surface area contributed by atoms with E-state index in [0.29, 0.717) is 0 Å². The average Bonchev–Trinajstić information content (AvgIpc) is 2.30. The first kappa shape index (κ1) is 12.5. The first-order valence-corrected chi connectivity index (χ1v) is 5.30. The van der Waals surface area contributed by atoms with E-state index in [4.69, 9.17) is 0 Å². The van der Waals surface area contributed by atoms with Gasteiger partial charge in [-0.3, -0.25) is 0 Å². The number of halogens is 1. The summed E-state index contributed by atoms with van der Waals surface area (Å²) in [6.07, 6.45) is 0. The van der Waals surface area contributed by atoms with Crippen LogP contribution in [0.15, 0.2) is 60.7 Å². The SMILES string of the molecule is Br[C-](c1ccccc1)c1ccccc1.[Li+]. The van der Waals surface area contributed by atoms with Gasteiger partial charge in [-0.05, 0) is 4.83 Å². The molecule has 0 radical (unpaired) electrons. The maximum Gasteiger partial charge on any atom is 1.00 e. The third-order valence-electron chi connectivity index (χ3n) is 2.05. The molecule has 0 heterocycles. The molecule has 0 amide bonds. The standard InChI is InChI=1S/C13H10Br.Li/c14-13(11-7-3-1-4-8-11)12-9-5-2-6-10-12;/h1-10H;/q-1;+1. The van der Waals surface area contributed by atoms with Gasteiger partial charge in [-0.25, -0.2) is 0 Å². The zero-order valence-electron chi connectivity index (χ0n) is 8.65. The summed E-state index contributed by atoms with van der Waals surface area (Å²) in [5.74, 6) is 0. The fraction of sp³-hybridized carbons (Fsp3) is 0. The first-order valence-electron chi connectivity index (χ1n) is 4.51. The van der Waals surface area contributed by atoms with E-state index >= 15 is 0 Å². The van der Waals surface area contributed by atoms with Crippen molar-refractivity contribution in [1.82, 2.24) is 0 Å². The third kappa shape index (κ3) is 3.17. The van der Waals surface area contributed by atoms with Gasteiger partial charge in [-0.15, -0.1) is 51.3 Å². The van der Waals surface area contributed by atoms with Gasteiger partial charge in [0.25, 0.3) is 0 Å². The van der Waals surface area contributed by atoms with Crippen LogP contribution in [0.2, 0.25) is 0 Å². The Morgan fingerprint density at radius 2 is 1.00 bits per heavy atom. The van der Waals surface area contributed by atoms with Gasteiger partial charge in [0.05, 0.1) is 0 Å². The molecule has 2 heteroatoms. The fourth-order valence-corrected chi connectivity index (χ4v) is 1.86. The second-order valence-corrected chi connectivity index (χ2v) is 3.84. The van der Waals surface area contributed by atoms with Crippen LogP contribution in [0, 0.1) is 4.83 Å². The molecule has 0 atom stereocenters. The molecule has 0 aromatic heterocycles. The summed E-state index contributed by atoms with van der Waals surface area (Å²) < 4.78 is 0. The van der Waals surface area contributed by atoms with E-state index in [0.717, 1.165) is 4.83 Å². The van der Waals surface area contributed by atoms with Crippen molar-refractivity contribution in [3.8, 4) is 0 Å². The molecular weight excluding hydrogens is 243 g/mol. The molecule has 0 saturated heterocycles. The molecule has 0 N–H and O–H groups in total. The maximum atomic E-state index is 3.61. The van der Waals surface area contributed by atoms with Gasteiger partial charge in [0.15, 0.2) is 0 Å². The van der Waals surface area contributed by atoms with Crippen LogP contribution in [-0.4, -0.2) is 0 Å². The Hall–Kier alpha value is -0.613. The number of hydrogen-bond donors (Lipinski definition) is 0. The molecule has 2 aromatic rings. The topological polar surface area (TPSA) is 0 Å². The minimum atomic E-state index is 0. The monoisotopic (exact) mass is 252 g/mol. The normalized spacial score (nSPS) is 9.13. The molecule has 2 aromatic carbocycles. The number of hydrogen-bond acceptors (Lipinski definition) is 0. The van der Waals surface area contributed by atoms with Crippen LogP contribution in [0.3, 0.4) is 0 Å². The van der Waals surface area contributed by atoms with Gasteiger partial charge >= 0.3 is 18.9 Å². The zero-order valence-corrected chi connectivity index (χ0v) is 10.2. The van der Waals surface area contributed by atoms with Crippen LogP contribution in [0.1, 0.15) is 11.1 Å². The van der Waals surface area contributed by atoms with Crippen LogP contribution >= 0.6 is 15.9 Å². The van der Waals surface area contributed by atoms with E-state index in [9.17, 15) is 0 Å². The quantitative estimate of drug-likeness (QED) is 0.553. The third-order valence-corrected chi connectivity index (χ3v) is 2.97. The van der Waals surface area contributed by atoms with E-state index in [-0.39, 0.29) is 18.9 Å². The number of benzene rings is 2. The van der Waals surface area contributed by atoms with Gasteiger partial charge in [0.2, 0.25) is 0 Å². The Balaban J connectivity index is 0.00000112. The molecule has 70 valence electrons. The molecule has 0 fully saturated rings. The average molecular weight is 253 g/mol. The second kappa shape index (κ2) is 6.08. The summed E-state index contributed by atoms with van der Waals surface area (Å²) in [4.78, 5) is 1.14. The van der Waals surface area contributed by atoms with Gasteiger partial charge in [-0.2, -0.15) is 0 Å². The predicted molar refractivity (Wildman–Crippen MR) is 63.3 cm³/mol. The Bertz CT molecular complexity index is 346. The van der Waals surface area contributed by atoms with Crippen molar-refractivity contribution in [2.75, 3.05) is 0 Å². The van der Waals surface area contributed by atoms with Gasteiger partial charge in [-0.1, -0.05) is 36.4 Å². The van der Waals surface area contributed by atoms with Gasteiger partial charge in [0.1, 0.15) is 0 Å². The van der Waals surface area contributed by atoms with Crippen molar-refractivity contribution in [3.05, 3.63) is 76.6 Å². The molecule has 0 nitrogen and oxygen atoms in total. The van der Waals surface area contributed by atoms with E-state index in [1.807, 2.05) is 36.4 Å². The first-order chi connectivity index (χ1) is 6.88. The molecule has 0 saturated carbocycles. The second-order valence-electron chi connectivity index (χ2n) is 3.05. The van der Waals surface area contributed by atoms with E-state index < -0.39 is 0 Å². The minimum absolute atomic E-state index is 0. The Morgan fingerprint density at radius 1 is 0.667 bits per heavy atom. The van der Waals surface area contributed by atoms with Crippen molar-refractivity contribution >= 4 is 15.9 Å². The molecule has 0 spiro atoms. The largest absolute Gasteiger partial charge is 1.00 e. The molecule has 0 bridgehead atoms. The smallest absolute Gasteiger partial charge is 0.118 e. The Kier molecular flexibility index (Phi) is 5.05. The summed E-state index contributed by atoms with van der Waals surface area (Å²) >= 11 is 3.61. The predicted octanol–water partition coefficient (Wildman–Crippen LogP) is 1.01. The minimum Gasteiger partial charge on any atom is -0.118 e. The summed E-state index contributed by atoms with van der Waals surface area (Å²) in [7, 11) is 0. The summed E-state index contributed by atoms with van der Waals surface area (Å²) in [5.41, 5.74) is 2.41. The van der Waals surface area contributed by atoms with Crippen LogP contribution in [0.25, 0.3) is 0 Å². The van der Waals surface area contributed by atoms with Crippen molar-refractivity contribution in [3.63, 3.8) is 0 Å². The molecule has 2 rings (SSSR count). The van der Waals surface area contributed by atoms with Crippen LogP contribution in [-0.2, 0) is 0 Å². The molecular formula is C13H10BrLi. The van der Waals surface area contributed by atoms with Crippen molar-refractivity contribution in [1.29, 1.82) is 0 Å². The summed E-state index contributed by atoms with van der Waals surface area (Å²) in [5, 5.41) is 0. The molecule has 0 aliphatic rings. The Labute approximate surface area is 111 Å². The van der Waals surface area contributed by atoms with E-state index in [1.165, 1.54) is 11.1 Å². The van der Waals surface area contributed by atoms with Crippen molar-refractivity contribution in [2.45, 2.75) is 0 Å². The fourth-order valence-electron chi connectivity index (χ4n) is 1.34. The Morgan fingerprint density at radius 3 is 1.33 bits per heavy atom. The molecule has 15 heavy (non-hydrogen) atoms. The van der Waals surface area contributed by atoms with Crippen LogP contribution in [0.5, 0.6) is 0 Å².